The molecule has 0 spiro atoms. The van der Waals surface area contributed by atoms with Crippen molar-refractivity contribution in [2.45, 2.75) is 24.3 Å². The monoisotopic (exact) mass is 322 g/mol. The number of phenolic OH excluding ortho intramolecular Hbond substituents is 1. The van der Waals surface area contributed by atoms with Crippen LogP contribution in [-0.4, -0.2) is 53.0 Å². The predicted octanol–water partition coefficient (Wildman–Crippen LogP) is 1.70. The van der Waals surface area contributed by atoms with E-state index in [-0.39, 0.29) is 23.9 Å². The van der Waals surface area contributed by atoms with E-state index >= 15 is 0 Å². The molecule has 22 heavy (non-hydrogen) atoms. The van der Waals surface area contributed by atoms with Crippen molar-refractivity contribution in [3.05, 3.63) is 23.8 Å². The third-order valence-corrected chi connectivity index (χ3v) is 5.21. The summed E-state index contributed by atoms with van der Waals surface area (Å²) in [5.41, 5.74) is 0.0990. The number of aromatic hydroxyl groups is 1. The van der Waals surface area contributed by atoms with Crippen LogP contribution >= 0.6 is 11.8 Å². The third kappa shape index (κ3) is 1.82. The van der Waals surface area contributed by atoms with Crippen molar-refractivity contribution in [2.75, 3.05) is 25.2 Å². The summed E-state index contributed by atoms with van der Waals surface area (Å²) in [7, 11) is 0. The van der Waals surface area contributed by atoms with E-state index in [0.29, 0.717) is 25.3 Å². The van der Waals surface area contributed by atoms with E-state index < -0.39 is 5.72 Å². The molecule has 0 aromatic heterocycles. The summed E-state index contributed by atoms with van der Waals surface area (Å²) in [4.78, 5) is 14.3. The molecule has 6 nitrogen and oxygen atoms in total. The van der Waals surface area contributed by atoms with E-state index in [1.54, 1.807) is 34.9 Å². The number of rotatable bonds is 3. The summed E-state index contributed by atoms with van der Waals surface area (Å²) in [5, 5.41) is 12.8. The fourth-order valence-electron chi connectivity index (χ4n) is 3.65. The number of hydrogen-bond acceptors (Lipinski definition) is 5. The Morgan fingerprint density at radius 3 is 3.23 bits per heavy atom. The quantitative estimate of drug-likeness (QED) is 0.886. The van der Waals surface area contributed by atoms with Crippen LogP contribution in [0.4, 0.5) is 4.79 Å². The van der Waals surface area contributed by atoms with Crippen molar-refractivity contribution in [3.63, 3.8) is 0 Å². The van der Waals surface area contributed by atoms with Gasteiger partial charge < -0.3 is 19.9 Å². The van der Waals surface area contributed by atoms with Crippen LogP contribution in [0.3, 0.4) is 0 Å². The zero-order chi connectivity index (χ0) is 15.3. The van der Waals surface area contributed by atoms with E-state index in [0.717, 1.165) is 11.3 Å². The number of amides is 2. The molecule has 2 N–H and O–H groups in total. The topological polar surface area (TPSA) is 71.0 Å². The number of nitrogens with zero attached hydrogens (tertiary/aromatic N) is 1. The largest absolute Gasteiger partial charge is 0.508 e. The summed E-state index contributed by atoms with van der Waals surface area (Å²) >= 11 is 1.69. The highest BCUT2D eigenvalue weighted by Crippen LogP contribution is 2.50. The Morgan fingerprint density at radius 2 is 2.41 bits per heavy atom. The molecule has 7 heteroatoms. The maximum atomic E-state index is 12.5. The fraction of sp³-hybridized carbons (Fsp3) is 0.533. The fourth-order valence-corrected chi connectivity index (χ4v) is 4.01. The van der Waals surface area contributed by atoms with Gasteiger partial charge in [0.2, 0.25) is 5.72 Å². The second-order valence-corrected chi connectivity index (χ2v) is 6.77. The third-order valence-electron chi connectivity index (χ3n) is 4.62. The molecule has 4 rings (SSSR count). The van der Waals surface area contributed by atoms with Gasteiger partial charge in [-0.2, -0.15) is 11.8 Å². The highest BCUT2D eigenvalue weighted by atomic mass is 32.2. The number of hydrogen-bond donors (Lipinski definition) is 2. The minimum absolute atomic E-state index is 0.112. The number of thioether (sulfide) groups is 1. The molecule has 3 heterocycles. The van der Waals surface area contributed by atoms with Gasteiger partial charge in [0.1, 0.15) is 17.6 Å². The van der Waals surface area contributed by atoms with Crippen LogP contribution < -0.4 is 10.1 Å². The van der Waals surface area contributed by atoms with E-state index in [1.807, 2.05) is 6.26 Å². The van der Waals surface area contributed by atoms with Crippen LogP contribution in [0.2, 0.25) is 0 Å². The zero-order valence-corrected chi connectivity index (χ0v) is 13.1. The van der Waals surface area contributed by atoms with Crippen LogP contribution in [0.1, 0.15) is 18.0 Å². The normalized spacial score (nSPS) is 32.0. The molecule has 3 atom stereocenters. The van der Waals surface area contributed by atoms with Gasteiger partial charge in [-0.25, -0.2) is 4.79 Å². The highest BCUT2D eigenvalue weighted by Gasteiger charge is 2.62. The number of carbonyl (C=O) groups is 1. The van der Waals surface area contributed by atoms with Crippen LogP contribution in [-0.2, 0) is 4.74 Å². The van der Waals surface area contributed by atoms with Crippen molar-refractivity contribution >= 4 is 17.8 Å². The molecule has 3 aliphatic heterocycles. The van der Waals surface area contributed by atoms with Crippen LogP contribution in [0.5, 0.6) is 11.5 Å². The van der Waals surface area contributed by atoms with Crippen LogP contribution in [0.25, 0.3) is 0 Å². The predicted molar refractivity (Wildman–Crippen MR) is 82.2 cm³/mol. The Balaban J connectivity index is 1.80. The summed E-state index contributed by atoms with van der Waals surface area (Å²) in [5.74, 6) is 1.62. The number of benzene rings is 1. The molecule has 2 fully saturated rings. The number of carbonyl (C=O) groups excluding carboxylic acids is 1. The van der Waals surface area contributed by atoms with Gasteiger partial charge in [0.15, 0.2) is 0 Å². The minimum Gasteiger partial charge on any atom is -0.508 e. The van der Waals surface area contributed by atoms with Crippen molar-refractivity contribution in [3.8, 4) is 11.5 Å². The average molecular weight is 322 g/mol. The number of ether oxygens (including phenoxy) is 2. The van der Waals surface area contributed by atoms with Gasteiger partial charge in [0.05, 0.1) is 12.6 Å². The molecule has 2 saturated heterocycles. The highest BCUT2D eigenvalue weighted by molar-refractivity contribution is 7.98. The SMILES string of the molecule is CSCCN1C(=O)NC2c3ccc(O)cc3OC13CCOC23. The van der Waals surface area contributed by atoms with Crippen molar-refractivity contribution in [2.24, 2.45) is 0 Å². The molecule has 2 bridgehead atoms. The summed E-state index contributed by atoms with van der Waals surface area (Å²) in [6.07, 6.45) is 2.44. The van der Waals surface area contributed by atoms with Gasteiger partial charge in [-0.15, -0.1) is 0 Å². The molecule has 1 aromatic carbocycles. The first-order chi connectivity index (χ1) is 10.7. The Hall–Kier alpha value is -1.60. The smallest absolute Gasteiger partial charge is 0.321 e. The van der Waals surface area contributed by atoms with E-state index in [2.05, 4.69) is 5.32 Å². The Morgan fingerprint density at radius 1 is 1.55 bits per heavy atom. The standard InChI is InChI=1S/C15H18N2O4S/c1-22-7-5-17-14(19)16-12-10-3-2-9(18)8-11(10)21-15(17)4-6-20-13(12)15/h2-3,8,12-13,18H,4-7H2,1H3,(H,16,19). The lowest BCUT2D eigenvalue weighted by Gasteiger charge is -2.53. The first-order valence-corrected chi connectivity index (χ1v) is 8.76. The average Bonchev–Trinajstić information content (AvgIpc) is 2.91. The minimum atomic E-state index is -0.760. The van der Waals surface area contributed by atoms with Crippen molar-refractivity contribution < 1.29 is 19.4 Å². The van der Waals surface area contributed by atoms with Gasteiger partial charge >= 0.3 is 6.03 Å². The molecule has 1 aromatic rings. The molecular formula is C15H18N2O4S. The van der Waals surface area contributed by atoms with Gasteiger partial charge in [-0.05, 0) is 18.4 Å². The van der Waals surface area contributed by atoms with E-state index in [1.165, 1.54) is 0 Å². The van der Waals surface area contributed by atoms with Gasteiger partial charge in [0, 0.05) is 30.3 Å². The maximum absolute atomic E-state index is 12.5. The maximum Gasteiger partial charge on any atom is 0.321 e. The number of fused-ring (bicyclic) bond motifs is 2. The van der Waals surface area contributed by atoms with Crippen LogP contribution in [0.15, 0.2) is 18.2 Å². The van der Waals surface area contributed by atoms with Gasteiger partial charge in [-0.3, -0.25) is 4.90 Å². The first kappa shape index (κ1) is 14.0. The molecule has 0 saturated carbocycles. The van der Waals surface area contributed by atoms with Gasteiger partial charge in [-0.1, -0.05) is 0 Å². The Labute approximate surface area is 132 Å². The Bertz CT molecular complexity index is 626. The lowest BCUT2D eigenvalue weighted by molar-refractivity contribution is -0.144. The number of nitrogens with one attached hydrogen (secondary N) is 1. The Kier molecular flexibility index (Phi) is 3.16. The molecule has 2 amide bonds. The van der Waals surface area contributed by atoms with Gasteiger partial charge in [0.25, 0.3) is 0 Å². The second kappa shape index (κ2) is 4.96. The molecule has 118 valence electrons. The van der Waals surface area contributed by atoms with Crippen molar-refractivity contribution in [1.29, 1.82) is 0 Å². The lowest BCUT2D eigenvalue weighted by atomic mass is 9.86. The molecule has 3 aliphatic rings. The molecule has 0 radical (unpaired) electrons. The molecular weight excluding hydrogens is 304 g/mol. The second-order valence-electron chi connectivity index (χ2n) is 5.78. The molecule has 3 unspecified atom stereocenters. The van der Waals surface area contributed by atoms with E-state index in [9.17, 15) is 9.90 Å². The first-order valence-electron chi connectivity index (χ1n) is 7.36. The molecule has 0 aliphatic carbocycles. The number of urea groups is 1. The van der Waals surface area contributed by atoms with Crippen molar-refractivity contribution in [1.82, 2.24) is 10.2 Å². The summed E-state index contributed by atoms with van der Waals surface area (Å²) in [6, 6.07) is 4.67. The lowest BCUT2D eigenvalue weighted by Crippen LogP contribution is -2.72. The van der Waals surface area contributed by atoms with Crippen LogP contribution in [0, 0.1) is 0 Å². The zero-order valence-electron chi connectivity index (χ0n) is 12.2. The number of phenols is 1. The summed E-state index contributed by atoms with van der Waals surface area (Å²) < 4.78 is 12.2. The van der Waals surface area contributed by atoms with E-state index in [4.69, 9.17) is 9.47 Å². The summed E-state index contributed by atoms with van der Waals surface area (Å²) in [6.45, 7) is 1.17.